The second-order valence-electron chi connectivity index (χ2n) is 6.75. The minimum Gasteiger partial charge on any atom is -0.360 e. The van der Waals surface area contributed by atoms with Crippen LogP contribution < -0.4 is 10.7 Å². The van der Waals surface area contributed by atoms with Gasteiger partial charge in [0.25, 0.3) is 5.91 Å². The summed E-state index contributed by atoms with van der Waals surface area (Å²) in [7, 11) is 0. The lowest BCUT2D eigenvalue weighted by molar-refractivity contribution is -0.121. The van der Waals surface area contributed by atoms with Gasteiger partial charge >= 0.3 is 0 Å². The largest absolute Gasteiger partial charge is 0.360 e. The highest BCUT2D eigenvalue weighted by atomic mass is 35.5. The van der Waals surface area contributed by atoms with Gasteiger partial charge in [0, 0.05) is 12.1 Å². The number of nitrogens with one attached hydrogen (secondary N) is 3. The summed E-state index contributed by atoms with van der Waals surface area (Å²) in [5, 5.41) is 8.26. The standard InChI is InChI=1S/C19H20Cl2N6O/c20-14-8-16-17(9-15(14)21)27(19(25-16)12-3-6-22-7-4-12)11-18(28)26-24-10-13-2-1-5-23-13/h1-2,5,8-10,12,22-23H,3-4,6-7,11H2,(H,26,28)/b24-10+. The summed E-state index contributed by atoms with van der Waals surface area (Å²) in [5.41, 5.74) is 4.92. The van der Waals surface area contributed by atoms with Gasteiger partial charge in [-0.1, -0.05) is 23.2 Å². The number of aromatic amines is 1. The molecular weight excluding hydrogens is 399 g/mol. The van der Waals surface area contributed by atoms with Crippen molar-refractivity contribution in [3.05, 3.63) is 52.0 Å². The van der Waals surface area contributed by atoms with Crippen LogP contribution in [-0.4, -0.2) is 39.7 Å². The number of piperidine rings is 1. The SMILES string of the molecule is O=C(Cn1c(C2CCNCC2)nc2cc(Cl)c(Cl)cc21)N/N=C/c1ccc[nH]1. The number of amides is 1. The maximum atomic E-state index is 12.5. The summed E-state index contributed by atoms with van der Waals surface area (Å²) < 4.78 is 1.92. The van der Waals surface area contributed by atoms with Crippen LogP contribution >= 0.6 is 23.2 Å². The number of fused-ring (bicyclic) bond motifs is 1. The van der Waals surface area contributed by atoms with Gasteiger partial charge in [-0.25, -0.2) is 10.4 Å². The third-order valence-electron chi connectivity index (χ3n) is 4.84. The van der Waals surface area contributed by atoms with Crippen LogP contribution in [0.25, 0.3) is 11.0 Å². The van der Waals surface area contributed by atoms with Crippen molar-refractivity contribution < 1.29 is 4.79 Å². The Labute approximate surface area is 172 Å². The van der Waals surface area contributed by atoms with Gasteiger partial charge in [0.2, 0.25) is 0 Å². The van der Waals surface area contributed by atoms with Crippen molar-refractivity contribution in [2.24, 2.45) is 5.10 Å². The summed E-state index contributed by atoms with van der Waals surface area (Å²) in [4.78, 5) is 20.3. The van der Waals surface area contributed by atoms with Crippen molar-refractivity contribution >= 4 is 46.4 Å². The predicted molar refractivity (Wildman–Crippen MR) is 111 cm³/mol. The van der Waals surface area contributed by atoms with Gasteiger partial charge in [-0.05, 0) is 50.2 Å². The maximum Gasteiger partial charge on any atom is 0.260 e. The molecule has 0 saturated carbocycles. The van der Waals surface area contributed by atoms with Gasteiger partial charge in [-0.15, -0.1) is 0 Å². The van der Waals surface area contributed by atoms with E-state index in [1.54, 1.807) is 24.5 Å². The zero-order valence-corrected chi connectivity index (χ0v) is 16.6. The van der Waals surface area contributed by atoms with Crippen molar-refractivity contribution in [1.29, 1.82) is 0 Å². The second-order valence-corrected chi connectivity index (χ2v) is 7.57. The van der Waals surface area contributed by atoms with Crippen LogP contribution in [0.15, 0.2) is 35.6 Å². The number of nitrogens with zero attached hydrogens (tertiary/aromatic N) is 3. The van der Waals surface area contributed by atoms with Crippen molar-refractivity contribution in [1.82, 2.24) is 25.3 Å². The number of hydrogen-bond donors (Lipinski definition) is 3. The average molecular weight is 419 g/mol. The molecule has 0 aliphatic carbocycles. The average Bonchev–Trinajstić information content (AvgIpc) is 3.32. The van der Waals surface area contributed by atoms with Crippen LogP contribution in [0.5, 0.6) is 0 Å². The van der Waals surface area contributed by atoms with Gasteiger partial charge in [0.15, 0.2) is 0 Å². The van der Waals surface area contributed by atoms with E-state index in [-0.39, 0.29) is 18.4 Å². The molecule has 1 aliphatic rings. The quantitative estimate of drug-likeness (QED) is 0.438. The third kappa shape index (κ3) is 4.06. The molecule has 0 atom stereocenters. The monoisotopic (exact) mass is 418 g/mol. The third-order valence-corrected chi connectivity index (χ3v) is 5.56. The molecule has 9 heteroatoms. The molecule has 3 N–H and O–H groups in total. The lowest BCUT2D eigenvalue weighted by atomic mass is 9.97. The van der Waals surface area contributed by atoms with Crippen LogP contribution in [0.1, 0.15) is 30.3 Å². The van der Waals surface area contributed by atoms with Crippen molar-refractivity contribution in [3.63, 3.8) is 0 Å². The van der Waals surface area contributed by atoms with Crippen LogP contribution in [0.2, 0.25) is 10.0 Å². The van der Waals surface area contributed by atoms with E-state index in [9.17, 15) is 4.79 Å². The Hall–Kier alpha value is -2.35. The second kappa shape index (κ2) is 8.34. The predicted octanol–water partition coefficient (Wildman–Crippen LogP) is 3.29. The molecule has 0 unspecified atom stereocenters. The molecule has 3 heterocycles. The van der Waals surface area contributed by atoms with Crippen molar-refractivity contribution in [3.8, 4) is 0 Å². The number of H-pyrrole nitrogens is 1. The van der Waals surface area contributed by atoms with Crippen LogP contribution in [-0.2, 0) is 11.3 Å². The molecule has 0 spiro atoms. The molecule has 7 nitrogen and oxygen atoms in total. The molecule has 0 radical (unpaired) electrons. The number of hydrazone groups is 1. The van der Waals surface area contributed by atoms with E-state index in [0.717, 1.165) is 48.5 Å². The fraction of sp³-hybridized carbons (Fsp3) is 0.316. The Morgan fingerprint density at radius 1 is 1.32 bits per heavy atom. The highest BCUT2D eigenvalue weighted by Gasteiger charge is 2.24. The number of benzene rings is 1. The van der Waals surface area contributed by atoms with E-state index in [1.807, 2.05) is 16.7 Å². The van der Waals surface area contributed by atoms with E-state index >= 15 is 0 Å². The lowest BCUT2D eigenvalue weighted by Crippen LogP contribution is -2.30. The zero-order chi connectivity index (χ0) is 19.5. The minimum atomic E-state index is -0.233. The number of aromatic nitrogens is 3. The molecule has 1 amide bonds. The first-order valence-corrected chi connectivity index (χ1v) is 9.88. The topological polar surface area (TPSA) is 87.1 Å². The van der Waals surface area contributed by atoms with Gasteiger partial charge in [-0.2, -0.15) is 5.10 Å². The fourth-order valence-electron chi connectivity index (χ4n) is 3.47. The highest BCUT2D eigenvalue weighted by Crippen LogP contribution is 2.32. The number of carbonyl (C=O) groups excluding carboxylic acids is 1. The summed E-state index contributed by atoms with van der Waals surface area (Å²) in [6, 6.07) is 7.24. The maximum absolute atomic E-state index is 12.5. The number of halogens is 2. The highest BCUT2D eigenvalue weighted by molar-refractivity contribution is 6.42. The minimum absolute atomic E-state index is 0.107. The molecule has 3 aromatic rings. The number of rotatable bonds is 5. The first kappa shape index (κ1) is 19.0. The molecule has 1 aromatic carbocycles. The summed E-state index contributed by atoms with van der Waals surface area (Å²) in [6.07, 6.45) is 5.30. The number of imidazole rings is 1. The normalized spacial score (nSPS) is 15.5. The van der Waals surface area contributed by atoms with Crippen molar-refractivity contribution in [2.45, 2.75) is 25.3 Å². The lowest BCUT2D eigenvalue weighted by Gasteiger charge is -2.23. The van der Waals surface area contributed by atoms with Crippen LogP contribution in [0, 0.1) is 0 Å². The fourth-order valence-corrected chi connectivity index (χ4v) is 3.79. The number of hydrogen-bond acceptors (Lipinski definition) is 4. The Balaban J connectivity index is 1.61. The Morgan fingerprint density at radius 3 is 2.86 bits per heavy atom. The van der Waals surface area contributed by atoms with E-state index in [4.69, 9.17) is 28.2 Å². The van der Waals surface area contributed by atoms with Crippen molar-refractivity contribution in [2.75, 3.05) is 13.1 Å². The smallest absolute Gasteiger partial charge is 0.260 e. The summed E-state index contributed by atoms with van der Waals surface area (Å²) in [6.45, 7) is 1.97. The number of carbonyl (C=O) groups is 1. The molecule has 1 aliphatic heterocycles. The molecule has 4 rings (SSSR count). The van der Waals surface area contributed by atoms with E-state index < -0.39 is 0 Å². The molecular formula is C19H20Cl2N6O. The molecule has 1 fully saturated rings. The van der Waals surface area contributed by atoms with Crippen LogP contribution in [0.3, 0.4) is 0 Å². The van der Waals surface area contributed by atoms with Crippen LogP contribution in [0.4, 0.5) is 0 Å². The molecule has 146 valence electrons. The molecule has 0 bridgehead atoms. The zero-order valence-electron chi connectivity index (χ0n) is 15.1. The van der Waals surface area contributed by atoms with Gasteiger partial charge < -0.3 is 14.9 Å². The Morgan fingerprint density at radius 2 is 2.11 bits per heavy atom. The van der Waals surface area contributed by atoms with Gasteiger partial charge in [-0.3, -0.25) is 4.79 Å². The van der Waals surface area contributed by atoms with E-state index in [1.165, 1.54) is 0 Å². The Bertz CT molecular complexity index is 1010. The summed E-state index contributed by atoms with van der Waals surface area (Å²) in [5.74, 6) is 0.933. The Kier molecular flexibility index (Phi) is 5.66. The first-order chi connectivity index (χ1) is 13.6. The van der Waals surface area contributed by atoms with Gasteiger partial charge in [0.05, 0.1) is 33.0 Å². The molecule has 2 aromatic heterocycles. The molecule has 28 heavy (non-hydrogen) atoms. The molecule has 1 saturated heterocycles. The van der Waals surface area contributed by atoms with E-state index in [0.29, 0.717) is 10.0 Å². The summed E-state index contributed by atoms with van der Waals surface area (Å²) >= 11 is 12.4. The first-order valence-electron chi connectivity index (χ1n) is 9.13. The van der Waals surface area contributed by atoms with Gasteiger partial charge in [0.1, 0.15) is 12.4 Å². The van der Waals surface area contributed by atoms with E-state index in [2.05, 4.69) is 20.8 Å².